The van der Waals surface area contributed by atoms with Gasteiger partial charge in [0, 0.05) is 43.4 Å². The molecular formula is C31H37F2NO6. The van der Waals surface area contributed by atoms with Gasteiger partial charge in [-0.2, -0.15) is 0 Å². The Balaban J connectivity index is 1.62. The van der Waals surface area contributed by atoms with Gasteiger partial charge in [-0.15, -0.1) is 0 Å². The number of carboxylic acids is 1. The van der Waals surface area contributed by atoms with Crippen LogP contribution in [0.2, 0.25) is 0 Å². The zero-order valence-electron chi connectivity index (χ0n) is 23.5. The average molecular weight is 558 g/mol. The number of nitrogens with zero attached hydrogens (tertiary/aromatic N) is 1. The Morgan fingerprint density at radius 3 is 2.38 bits per heavy atom. The zero-order chi connectivity index (χ0) is 29.2. The first-order chi connectivity index (χ1) is 18.9. The van der Waals surface area contributed by atoms with Crippen molar-refractivity contribution < 1.29 is 37.7 Å². The predicted octanol–water partition coefficient (Wildman–Crippen LogP) is 5.03. The standard InChI is InChI=1S/C31H37F2NO6/c1-5-40-22-6-7-23-20(16-22)8-9-34(30(38)21-10-18(11-21)15-27(36)37)29(23)26(35)14-19-12-24(32)28(25(33)13-19)31(2,3)17-39-4/h6-7,12-13,16,18,21,29H,5,8-11,14-15,17H2,1-4H3,(H,36,37)/t18?,21?,29-/m1/s1. The largest absolute Gasteiger partial charge is 0.494 e. The van der Waals surface area contributed by atoms with Crippen LogP contribution in [0.4, 0.5) is 8.78 Å². The number of methoxy groups -OCH3 is 1. The molecule has 0 radical (unpaired) electrons. The highest BCUT2D eigenvalue weighted by atomic mass is 19.1. The number of ether oxygens (including phenoxy) is 2. The number of fused-ring (bicyclic) bond motifs is 1. The molecule has 1 heterocycles. The zero-order valence-corrected chi connectivity index (χ0v) is 23.5. The van der Waals surface area contributed by atoms with Crippen molar-refractivity contribution in [2.45, 2.75) is 64.3 Å². The lowest BCUT2D eigenvalue weighted by Crippen LogP contribution is -2.49. The van der Waals surface area contributed by atoms with Gasteiger partial charge in [-0.1, -0.05) is 19.9 Å². The smallest absolute Gasteiger partial charge is 0.303 e. The van der Waals surface area contributed by atoms with Crippen LogP contribution in [0.1, 0.15) is 68.3 Å². The molecule has 1 amide bonds. The van der Waals surface area contributed by atoms with Gasteiger partial charge in [0.2, 0.25) is 5.91 Å². The van der Waals surface area contributed by atoms with Gasteiger partial charge in [-0.3, -0.25) is 14.4 Å². The molecule has 216 valence electrons. The van der Waals surface area contributed by atoms with Crippen LogP contribution in [0.25, 0.3) is 0 Å². The number of benzene rings is 2. The van der Waals surface area contributed by atoms with E-state index >= 15 is 8.78 Å². The van der Waals surface area contributed by atoms with Crippen LogP contribution in [0.5, 0.6) is 5.75 Å². The van der Waals surface area contributed by atoms with E-state index in [0.717, 1.165) is 5.56 Å². The van der Waals surface area contributed by atoms with Crippen molar-refractivity contribution in [1.29, 1.82) is 0 Å². The third kappa shape index (κ3) is 6.19. The molecule has 1 saturated carbocycles. The first kappa shape index (κ1) is 29.6. The molecule has 1 atom stereocenters. The number of amides is 1. The molecule has 0 bridgehead atoms. The van der Waals surface area contributed by atoms with Crippen LogP contribution in [0.3, 0.4) is 0 Å². The quantitative estimate of drug-likeness (QED) is 0.417. The maximum atomic E-state index is 15.1. The maximum absolute atomic E-state index is 15.1. The number of carbonyl (C=O) groups is 3. The van der Waals surface area contributed by atoms with Crippen molar-refractivity contribution >= 4 is 17.7 Å². The molecule has 2 aromatic carbocycles. The van der Waals surface area contributed by atoms with Gasteiger partial charge in [-0.25, -0.2) is 8.78 Å². The topological polar surface area (TPSA) is 93.1 Å². The minimum absolute atomic E-state index is 0.0173. The summed E-state index contributed by atoms with van der Waals surface area (Å²) in [4.78, 5) is 40.0. The number of hydrogen-bond acceptors (Lipinski definition) is 5. The molecule has 0 spiro atoms. The number of carboxylic acid groups (broad SMARTS) is 1. The molecule has 1 fully saturated rings. The molecule has 7 nitrogen and oxygen atoms in total. The molecule has 4 rings (SSSR count). The molecule has 1 N–H and O–H groups in total. The maximum Gasteiger partial charge on any atom is 0.303 e. The third-order valence-corrected chi connectivity index (χ3v) is 7.95. The number of ketones is 1. The normalized spacial score (nSPS) is 20.4. The fourth-order valence-electron chi connectivity index (χ4n) is 6.13. The van der Waals surface area contributed by atoms with E-state index in [1.165, 1.54) is 19.2 Å². The molecule has 0 aromatic heterocycles. The van der Waals surface area contributed by atoms with Crippen molar-refractivity contribution in [1.82, 2.24) is 4.90 Å². The van der Waals surface area contributed by atoms with E-state index in [-0.39, 0.29) is 54.1 Å². The van der Waals surface area contributed by atoms with Crippen LogP contribution in [0.15, 0.2) is 30.3 Å². The highest BCUT2D eigenvalue weighted by Crippen LogP contribution is 2.41. The minimum atomic E-state index is -0.916. The van der Waals surface area contributed by atoms with Crippen molar-refractivity contribution in [3.63, 3.8) is 0 Å². The average Bonchev–Trinajstić information content (AvgIpc) is 2.84. The molecule has 0 saturated heterocycles. The van der Waals surface area contributed by atoms with Gasteiger partial charge < -0.3 is 19.5 Å². The van der Waals surface area contributed by atoms with Gasteiger partial charge in [-0.05, 0) is 73.1 Å². The van der Waals surface area contributed by atoms with Gasteiger partial charge >= 0.3 is 5.97 Å². The van der Waals surface area contributed by atoms with Crippen molar-refractivity contribution in [2.24, 2.45) is 11.8 Å². The van der Waals surface area contributed by atoms with Crippen molar-refractivity contribution in [3.05, 3.63) is 64.2 Å². The van der Waals surface area contributed by atoms with Crippen molar-refractivity contribution in [2.75, 3.05) is 26.9 Å². The highest BCUT2D eigenvalue weighted by Gasteiger charge is 2.43. The van der Waals surface area contributed by atoms with Gasteiger partial charge in [0.15, 0.2) is 5.78 Å². The summed E-state index contributed by atoms with van der Waals surface area (Å²) in [5.41, 5.74) is 0.742. The lowest BCUT2D eigenvalue weighted by molar-refractivity contribution is -0.149. The molecular weight excluding hydrogens is 520 g/mol. The molecule has 2 aliphatic rings. The van der Waals surface area contributed by atoms with Crippen LogP contribution in [-0.2, 0) is 37.4 Å². The summed E-state index contributed by atoms with van der Waals surface area (Å²) in [7, 11) is 1.47. The summed E-state index contributed by atoms with van der Waals surface area (Å²) in [6.07, 6.45) is 1.22. The van der Waals surface area contributed by atoms with Crippen LogP contribution < -0.4 is 4.74 Å². The van der Waals surface area contributed by atoms with Gasteiger partial charge in [0.1, 0.15) is 23.4 Å². The van der Waals surface area contributed by atoms with Gasteiger partial charge in [0.25, 0.3) is 0 Å². The Morgan fingerprint density at radius 2 is 1.77 bits per heavy atom. The fraction of sp³-hybridized carbons (Fsp3) is 0.516. The lowest BCUT2D eigenvalue weighted by atomic mass is 9.72. The number of halogens is 2. The van der Waals surface area contributed by atoms with Crippen molar-refractivity contribution in [3.8, 4) is 5.75 Å². The monoisotopic (exact) mass is 557 g/mol. The summed E-state index contributed by atoms with van der Waals surface area (Å²) < 4.78 is 41.0. The van der Waals surface area contributed by atoms with Crippen LogP contribution >= 0.6 is 0 Å². The SMILES string of the molecule is CCOc1ccc2c(c1)CCN(C(=O)C1CC(CC(=O)O)C1)[C@H]2C(=O)Cc1cc(F)c(C(C)(C)COC)c(F)c1. The van der Waals surface area contributed by atoms with Gasteiger partial charge in [0.05, 0.1) is 13.2 Å². The number of hydrogen-bond donors (Lipinski definition) is 1. The summed E-state index contributed by atoms with van der Waals surface area (Å²) in [6, 6.07) is 6.87. The second-order valence-electron chi connectivity index (χ2n) is 11.5. The molecule has 1 aliphatic carbocycles. The summed E-state index contributed by atoms with van der Waals surface area (Å²) in [5.74, 6) is -2.65. The summed E-state index contributed by atoms with van der Waals surface area (Å²) >= 11 is 0. The first-order valence-corrected chi connectivity index (χ1v) is 13.7. The lowest BCUT2D eigenvalue weighted by Gasteiger charge is -2.42. The Morgan fingerprint density at radius 1 is 1.10 bits per heavy atom. The number of aliphatic carboxylic acids is 1. The van der Waals surface area contributed by atoms with E-state index in [0.29, 0.717) is 43.7 Å². The molecule has 40 heavy (non-hydrogen) atoms. The Kier molecular flexibility index (Phi) is 8.93. The third-order valence-electron chi connectivity index (χ3n) is 7.95. The molecule has 9 heteroatoms. The van der Waals surface area contributed by atoms with E-state index in [9.17, 15) is 14.4 Å². The second-order valence-corrected chi connectivity index (χ2v) is 11.5. The number of Topliss-reactive ketones (excluding diaryl/α,β-unsaturated/α-hetero) is 1. The number of rotatable bonds is 11. The highest BCUT2D eigenvalue weighted by molar-refractivity contribution is 5.93. The first-order valence-electron chi connectivity index (χ1n) is 13.7. The van der Waals surface area contributed by atoms with E-state index in [4.69, 9.17) is 14.6 Å². The molecule has 1 aliphatic heterocycles. The van der Waals surface area contributed by atoms with E-state index in [1.807, 2.05) is 13.0 Å². The number of carbonyl (C=O) groups excluding carboxylic acids is 2. The molecule has 2 aromatic rings. The Hall–Kier alpha value is -3.33. The van der Waals surface area contributed by atoms with Crippen LogP contribution in [0, 0.1) is 23.5 Å². The summed E-state index contributed by atoms with van der Waals surface area (Å²) in [6.45, 7) is 6.16. The minimum Gasteiger partial charge on any atom is -0.494 e. The van der Waals surface area contributed by atoms with E-state index in [1.54, 1.807) is 30.9 Å². The summed E-state index contributed by atoms with van der Waals surface area (Å²) in [5, 5.41) is 9.06. The molecule has 0 unspecified atom stereocenters. The Bertz CT molecular complexity index is 1260. The van der Waals surface area contributed by atoms with Crippen LogP contribution in [-0.4, -0.2) is 54.5 Å². The fourth-order valence-corrected chi connectivity index (χ4v) is 6.13. The van der Waals surface area contributed by atoms with E-state index < -0.39 is 29.1 Å². The Labute approximate surface area is 233 Å². The second kappa shape index (κ2) is 12.0. The van der Waals surface area contributed by atoms with E-state index in [2.05, 4.69) is 0 Å². The predicted molar refractivity (Wildman–Crippen MR) is 144 cm³/mol.